The van der Waals surface area contributed by atoms with Crippen molar-refractivity contribution in [2.75, 3.05) is 6.61 Å². The van der Waals surface area contributed by atoms with Gasteiger partial charge in [0.2, 0.25) is 0 Å². The molecule has 0 radical (unpaired) electrons. The van der Waals surface area contributed by atoms with Gasteiger partial charge in [0.05, 0.1) is 12.2 Å². The highest BCUT2D eigenvalue weighted by Gasteiger charge is 2.49. The molecule has 5 rings (SSSR count). The van der Waals surface area contributed by atoms with Gasteiger partial charge < -0.3 is 59.8 Å². The molecule has 14 nitrogen and oxygen atoms in total. The molecular weight excluding hydrogens is 584 g/mol. The van der Waals surface area contributed by atoms with Crippen molar-refractivity contribution in [3.63, 3.8) is 0 Å². The number of ether oxygens (including phenoxy) is 2. The van der Waals surface area contributed by atoms with E-state index in [1.54, 1.807) is 0 Å². The number of carbonyl (C=O) groups is 1. The third-order valence-electron chi connectivity index (χ3n) is 7.09. The first-order chi connectivity index (χ1) is 20.9. The molecule has 0 spiro atoms. The molecule has 0 bridgehead atoms. The van der Waals surface area contributed by atoms with Gasteiger partial charge in [0.25, 0.3) is 0 Å². The number of aliphatic hydroxyl groups is 3. The number of carbonyl (C=O) groups excluding carboxylic acids is 1. The molecule has 3 aromatic carbocycles. The molecule has 14 heteroatoms. The normalized spacial score (nSPS) is 21.9. The van der Waals surface area contributed by atoms with Gasteiger partial charge in [0.15, 0.2) is 34.5 Å². The van der Waals surface area contributed by atoms with E-state index in [0.29, 0.717) is 0 Å². The van der Waals surface area contributed by atoms with Crippen molar-refractivity contribution in [1.82, 2.24) is 0 Å². The molecule has 5 atom stereocenters. The third-order valence-corrected chi connectivity index (χ3v) is 7.09. The van der Waals surface area contributed by atoms with Crippen LogP contribution in [0.15, 0.2) is 63.8 Å². The summed E-state index contributed by atoms with van der Waals surface area (Å²) in [5, 5.41) is 91.2. The van der Waals surface area contributed by atoms with E-state index in [1.807, 2.05) is 0 Å². The van der Waals surface area contributed by atoms with Crippen molar-refractivity contribution in [2.24, 2.45) is 0 Å². The van der Waals surface area contributed by atoms with Crippen LogP contribution in [0.25, 0.3) is 28.4 Å². The minimum atomic E-state index is -1.91. The fourth-order valence-corrected chi connectivity index (χ4v) is 4.84. The molecule has 1 aromatic heterocycles. The average molecular weight is 611 g/mol. The van der Waals surface area contributed by atoms with Crippen LogP contribution >= 0.6 is 0 Å². The van der Waals surface area contributed by atoms with E-state index >= 15 is 0 Å². The molecule has 1 saturated heterocycles. The number of esters is 1. The third kappa shape index (κ3) is 5.57. The SMILES string of the molecule is O=C(C=Cc1ccc(O)c(O)c1)O[C@@H]1[C@@H](O)[C@H](O)[C@@H](CO)O[C@H]1c1c(O)cc2oc(-c3ccc(O)c(O)c3)cc(=O)c2c1O. The Hall–Kier alpha value is -5.28. The predicted octanol–water partition coefficient (Wildman–Crippen LogP) is 1.47. The molecule has 2 heterocycles. The van der Waals surface area contributed by atoms with E-state index in [0.717, 1.165) is 36.4 Å². The summed E-state index contributed by atoms with van der Waals surface area (Å²) in [7, 11) is 0. The minimum absolute atomic E-state index is 0.0855. The van der Waals surface area contributed by atoms with Gasteiger partial charge in [0.1, 0.15) is 52.6 Å². The molecular formula is C30H26O14. The first-order valence-corrected chi connectivity index (χ1v) is 13.0. The van der Waals surface area contributed by atoms with E-state index in [4.69, 9.17) is 13.9 Å². The Morgan fingerprint density at radius 2 is 1.52 bits per heavy atom. The Labute approximate surface area is 246 Å². The second-order valence-electron chi connectivity index (χ2n) is 9.95. The van der Waals surface area contributed by atoms with Crippen molar-refractivity contribution in [2.45, 2.75) is 30.5 Å². The maximum absolute atomic E-state index is 13.1. The lowest BCUT2D eigenvalue weighted by atomic mass is 9.89. The lowest BCUT2D eigenvalue weighted by molar-refractivity contribution is -0.240. The van der Waals surface area contributed by atoms with E-state index in [1.165, 1.54) is 24.3 Å². The molecule has 44 heavy (non-hydrogen) atoms. The summed E-state index contributed by atoms with van der Waals surface area (Å²) in [6.45, 7) is -0.820. The first kappa shape index (κ1) is 30.2. The minimum Gasteiger partial charge on any atom is -0.507 e. The molecule has 0 aliphatic carbocycles. The van der Waals surface area contributed by atoms with Crippen LogP contribution in [0, 0.1) is 0 Å². The van der Waals surface area contributed by atoms with Crippen molar-refractivity contribution in [3.8, 4) is 45.8 Å². The van der Waals surface area contributed by atoms with Gasteiger partial charge in [-0.2, -0.15) is 0 Å². The topological polar surface area (TPSA) is 248 Å². The molecule has 0 amide bonds. The summed E-state index contributed by atoms with van der Waals surface area (Å²) in [6.07, 6.45) is -6.55. The Morgan fingerprint density at radius 1 is 0.841 bits per heavy atom. The molecule has 1 aliphatic rings. The van der Waals surface area contributed by atoms with Crippen molar-refractivity contribution in [1.29, 1.82) is 0 Å². The monoisotopic (exact) mass is 610 g/mol. The van der Waals surface area contributed by atoms with Gasteiger partial charge in [-0.1, -0.05) is 6.07 Å². The van der Waals surface area contributed by atoms with Gasteiger partial charge >= 0.3 is 5.97 Å². The number of hydrogen-bond acceptors (Lipinski definition) is 14. The van der Waals surface area contributed by atoms with E-state index in [2.05, 4.69) is 0 Å². The number of benzene rings is 3. The average Bonchev–Trinajstić information content (AvgIpc) is 2.98. The Kier molecular flexibility index (Phi) is 8.08. The number of aromatic hydroxyl groups is 6. The summed E-state index contributed by atoms with van der Waals surface area (Å²) in [5.74, 6) is -4.51. The standard InChI is InChI=1S/C30H26O14/c31-11-22-26(39)28(41)30(44-23(38)6-2-12-1-4-14(32)16(34)7-12)29(43-22)25-19(37)10-21-24(27(25)40)18(36)9-20(42-21)13-3-5-15(33)17(35)8-13/h1-10,22,26,28-35,37,39-41H,11H2/t22-,26-,28+,29+,30-/m1/s1. The zero-order chi connectivity index (χ0) is 31.9. The largest absolute Gasteiger partial charge is 0.507 e. The second-order valence-corrected chi connectivity index (χ2v) is 9.95. The number of phenols is 6. The zero-order valence-electron chi connectivity index (χ0n) is 22.4. The molecule has 1 fully saturated rings. The Bertz CT molecular complexity index is 1830. The maximum Gasteiger partial charge on any atom is 0.331 e. The molecule has 0 unspecified atom stereocenters. The maximum atomic E-state index is 13.1. The van der Waals surface area contributed by atoms with Gasteiger partial charge in [-0.3, -0.25) is 4.79 Å². The van der Waals surface area contributed by atoms with Crippen LogP contribution in [0.4, 0.5) is 0 Å². The van der Waals surface area contributed by atoms with Crippen molar-refractivity contribution in [3.05, 3.63) is 76.0 Å². The number of hydrogen-bond donors (Lipinski definition) is 9. The lowest BCUT2D eigenvalue weighted by Crippen LogP contribution is -2.56. The molecule has 1 aliphatic heterocycles. The smallest absolute Gasteiger partial charge is 0.331 e. The van der Waals surface area contributed by atoms with Crippen LogP contribution in [0.2, 0.25) is 0 Å². The van der Waals surface area contributed by atoms with Crippen molar-refractivity contribution < 1.29 is 64.6 Å². The predicted molar refractivity (Wildman–Crippen MR) is 150 cm³/mol. The van der Waals surface area contributed by atoms with Crippen LogP contribution in [-0.2, 0) is 14.3 Å². The highest BCUT2D eigenvalue weighted by atomic mass is 16.6. The van der Waals surface area contributed by atoms with Crippen LogP contribution in [-0.4, -0.2) is 83.0 Å². The number of phenolic OH excluding ortho intramolecular Hbond substituents is 6. The Balaban J connectivity index is 1.54. The van der Waals surface area contributed by atoms with Crippen molar-refractivity contribution >= 4 is 23.0 Å². The van der Waals surface area contributed by atoms with Gasteiger partial charge in [-0.25, -0.2) is 4.79 Å². The summed E-state index contributed by atoms with van der Waals surface area (Å²) < 4.78 is 16.7. The van der Waals surface area contributed by atoms with Gasteiger partial charge in [0, 0.05) is 23.8 Å². The first-order valence-electron chi connectivity index (χ1n) is 13.0. The molecule has 4 aromatic rings. The quantitative estimate of drug-likeness (QED) is 0.0852. The van der Waals surface area contributed by atoms with E-state index in [9.17, 15) is 55.5 Å². The number of aliphatic hydroxyl groups excluding tert-OH is 3. The van der Waals surface area contributed by atoms with Crippen LogP contribution in [0.3, 0.4) is 0 Å². The highest BCUT2D eigenvalue weighted by molar-refractivity contribution is 5.89. The van der Waals surface area contributed by atoms with Crippen LogP contribution in [0.1, 0.15) is 17.2 Å². The Morgan fingerprint density at radius 3 is 2.18 bits per heavy atom. The summed E-state index contributed by atoms with van der Waals surface area (Å²) in [6, 6.07) is 9.29. The summed E-state index contributed by atoms with van der Waals surface area (Å²) in [5.41, 5.74) is -1.16. The van der Waals surface area contributed by atoms with Crippen LogP contribution in [0.5, 0.6) is 34.5 Å². The van der Waals surface area contributed by atoms with Gasteiger partial charge in [-0.15, -0.1) is 0 Å². The highest BCUT2D eigenvalue weighted by Crippen LogP contribution is 2.45. The summed E-state index contributed by atoms with van der Waals surface area (Å²) >= 11 is 0. The number of rotatable bonds is 6. The second kappa shape index (κ2) is 11.8. The molecule has 230 valence electrons. The van der Waals surface area contributed by atoms with E-state index in [-0.39, 0.29) is 28.2 Å². The number of fused-ring (bicyclic) bond motifs is 1. The fraction of sp³-hybridized carbons (Fsp3) is 0.200. The summed E-state index contributed by atoms with van der Waals surface area (Å²) in [4.78, 5) is 25.9. The zero-order valence-corrected chi connectivity index (χ0v) is 22.4. The lowest BCUT2D eigenvalue weighted by Gasteiger charge is -2.42. The van der Waals surface area contributed by atoms with Gasteiger partial charge in [-0.05, 0) is 42.0 Å². The van der Waals surface area contributed by atoms with E-state index < -0.39 is 88.2 Å². The van der Waals surface area contributed by atoms with Crippen LogP contribution < -0.4 is 5.43 Å². The molecule has 9 N–H and O–H groups in total. The fourth-order valence-electron chi connectivity index (χ4n) is 4.84. The molecule has 0 saturated carbocycles.